The molecule has 0 spiro atoms. The topological polar surface area (TPSA) is 34.1 Å². The normalized spacial score (nSPS) is 20.8. The van der Waals surface area contributed by atoms with Crippen LogP contribution >= 0.6 is 22.6 Å². The smallest absolute Gasteiger partial charge is 0.151 e. The minimum Gasteiger partial charge on any atom is -0.490 e. The van der Waals surface area contributed by atoms with Crippen molar-refractivity contribution in [2.24, 2.45) is 5.92 Å². The van der Waals surface area contributed by atoms with Crippen molar-refractivity contribution in [1.29, 1.82) is 0 Å². The number of nitrogens with one attached hydrogen (secondary N) is 1. The fraction of sp³-hybridized carbons (Fsp3) is 0.583. The van der Waals surface area contributed by atoms with Crippen molar-refractivity contribution in [2.45, 2.75) is 19.8 Å². The lowest BCUT2D eigenvalue weighted by Crippen LogP contribution is -2.33. The standard InChI is InChI=1S/C12H17IN2O/c1-9-4-5-11(12(13)15-9)16-8-10-3-2-6-14-7-10/h4-5,10,14H,2-3,6-8H2,1H3/t10-/m0/s1. The van der Waals surface area contributed by atoms with Gasteiger partial charge >= 0.3 is 0 Å². The molecule has 1 atom stereocenters. The van der Waals surface area contributed by atoms with Crippen LogP contribution in [0.15, 0.2) is 12.1 Å². The summed E-state index contributed by atoms with van der Waals surface area (Å²) < 4.78 is 6.78. The van der Waals surface area contributed by atoms with Gasteiger partial charge in [0.25, 0.3) is 0 Å². The van der Waals surface area contributed by atoms with E-state index in [1.807, 2.05) is 19.1 Å². The van der Waals surface area contributed by atoms with Gasteiger partial charge in [0.1, 0.15) is 3.70 Å². The SMILES string of the molecule is Cc1ccc(OC[C@H]2CCCNC2)c(I)n1. The third-order valence-corrected chi connectivity index (χ3v) is 3.60. The van der Waals surface area contributed by atoms with Crippen molar-refractivity contribution in [1.82, 2.24) is 10.3 Å². The Hall–Kier alpha value is -0.360. The summed E-state index contributed by atoms with van der Waals surface area (Å²) in [6, 6.07) is 4.01. The van der Waals surface area contributed by atoms with Gasteiger partial charge < -0.3 is 10.1 Å². The molecule has 1 aliphatic rings. The Bertz CT molecular complexity index is 351. The van der Waals surface area contributed by atoms with Crippen LogP contribution in [0.2, 0.25) is 0 Å². The van der Waals surface area contributed by atoms with Crippen LogP contribution in [0.3, 0.4) is 0 Å². The molecule has 1 fully saturated rings. The molecule has 1 aromatic heterocycles. The van der Waals surface area contributed by atoms with E-state index in [4.69, 9.17) is 4.74 Å². The number of aryl methyl sites for hydroxylation is 1. The summed E-state index contributed by atoms with van der Waals surface area (Å²) in [4.78, 5) is 4.38. The lowest BCUT2D eigenvalue weighted by molar-refractivity contribution is 0.216. The van der Waals surface area contributed by atoms with Gasteiger partial charge in [-0.25, -0.2) is 4.98 Å². The molecule has 0 bridgehead atoms. The Morgan fingerprint density at radius 1 is 1.56 bits per heavy atom. The molecule has 0 saturated carbocycles. The average Bonchev–Trinajstić information content (AvgIpc) is 2.29. The van der Waals surface area contributed by atoms with Gasteiger partial charge in [-0.2, -0.15) is 0 Å². The monoisotopic (exact) mass is 332 g/mol. The average molecular weight is 332 g/mol. The first-order valence-corrected chi connectivity index (χ1v) is 6.80. The fourth-order valence-corrected chi connectivity index (χ4v) is 2.61. The predicted octanol–water partition coefficient (Wildman–Crippen LogP) is 2.37. The molecule has 1 aromatic rings. The summed E-state index contributed by atoms with van der Waals surface area (Å²) in [5.74, 6) is 1.56. The second kappa shape index (κ2) is 5.82. The number of hydrogen-bond donors (Lipinski definition) is 1. The molecule has 1 saturated heterocycles. The molecule has 1 aliphatic heterocycles. The highest BCUT2D eigenvalue weighted by atomic mass is 127. The van der Waals surface area contributed by atoms with Crippen LogP contribution in [-0.2, 0) is 0 Å². The Labute approximate surface area is 110 Å². The zero-order valence-corrected chi connectivity index (χ0v) is 11.7. The molecule has 0 radical (unpaired) electrons. The number of aromatic nitrogens is 1. The fourth-order valence-electron chi connectivity index (χ4n) is 1.89. The summed E-state index contributed by atoms with van der Waals surface area (Å²) >= 11 is 2.23. The zero-order valence-electron chi connectivity index (χ0n) is 9.50. The van der Waals surface area contributed by atoms with Crippen LogP contribution in [0.5, 0.6) is 5.75 Å². The maximum absolute atomic E-state index is 5.82. The molecular weight excluding hydrogens is 315 g/mol. The van der Waals surface area contributed by atoms with E-state index in [1.54, 1.807) is 0 Å². The molecule has 2 rings (SSSR count). The molecule has 1 N–H and O–H groups in total. The van der Waals surface area contributed by atoms with Gasteiger partial charge in [0, 0.05) is 18.2 Å². The Balaban J connectivity index is 1.88. The van der Waals surface area contributed by atoms with Crippen molar-refractivity contribution in [3.05, 3.63) is 21.5 Å². The number of piperidine rings is 1. The molecule has 2 heterocycles. The Morgan fingerprint density at radius 3 is 3.12 bits per heavy atom. The van der Waals surface area contributed by atoms with Gasteiger partial charge in [0.15, 0.2) is 5.75 Å². The molecule has 0 unspecified atom stereocenters. The minimum absolute atomic E-state index is 0.644. The van der Waals surface area contributed by atoms with Crippen molar-refractivity contribution in [3.8, 4) is 5.75 Å². The minimum atomic E-state index is 0.644. The zero-order chi connectivity index (χ0) is 11.4. The second-order valence-corrected chi connectivity index (χ2v) is 5.29. The molecule has 0 aliphatic carbocycles. The van der Waals surface area contributed by atoms with E-state index in [9.17, 15) is 0 Å². The lowest BCUT2D eigenvalue weighted by Gasteiger charge is -2.22. The quantitative estimate of drug-likeness (QED) is 0.682. The maximum atomic E-state index is 5.82. The van der Waals surface area contributed by atoms with Crippen LogP contribution in [0.1, 0.15) is 18.5 Å². The first-order valence-electron chi connectivity index (χ1n) is 5.72. The van der Waals surface area contributed by atoms with Gasteiger partial charge in [0.2, 0.25) is 0 Å². The molecule has 16 heavy (non-hydrogen) atoms. The van der Waals surface area contributed by atoms with Crippen LogP contribution in [-0.4, -0.2) is 24.7 Å². The van der Waals surface area contributed by atoms with Crippen LogP contribution in [0.25, 0.3) is 0 Å². The van der Waals surface area contributed by atoms with E-state index in [1.165, 1.54) is 12.8 Å². The van der Waals surface area contributed by atoms with Crippen molar-refractivity contribution >= 4 is 22.6 Å². The first-order chi connectivity index (χ1) is 7.75. The van der Waals surface area contributed by atoms with Crippen LogP contribution in [0, 0.1) is 16.5 Å². The lowest BCUT2D eigenvalue weighted by atomic mass is 10.0. The van der Waals surface area contributed by atoms with Gasteiger partial charge in [0.05, 0.1) is 6.61 Å². The summed E-state index contributed by atoms with van der Waals surface area (Å²) in [5, 5.41) is 3.40. The number of hydrogen-bond acceptors (Lipinski definition) is 3. The maximum Gasteiger partial charge on any atom is 0.151 e. The molecular formula is C12H17IN2O. The number of pyridine rings is 1. The number of ether oxygens (including phenoxy) is 1. The Morgan fingerprint density at radius 2 is 2.44 bits per heavy atom. The largest absolute Gasteiger partial charge is 0.490 e. The van der Waals surface area contributed by atoms with E-state index in [0.29, 0.717) is 5.92 Å². The molecule has 4 heteroatoms. The third kappa shape index (κ3) is 3.31. The highest BCUT2D eigenvalue weighted by Gasteiger charge is 2.14. The van der Waals surface area contributed by atoms with Crippen LogP contribution < -0.4 is 10.1 Å². The van der Waals surface area contributed by atoms with Gasteiger partial charge in [-0.3, -0.25) is 0 Å². The summed E-state index contributed by atoms with van der Waals surface area (Å²) in [6.07, 6.45) is 2.53. The van der Waals surface area contributed by atoms with E-state index in [2.05, 4.69) is 32.9 Å². The van der Waals surface area contributed by atoms with Crippen molar-refractivity contribution < 1.29 is 4.74 Å². The van der Waals surface area contributed by atoms with Crippen LogP contribution in [0.4, 0.5) is 0 Å². The number of halogens is 1. The highest BCUT2D eigenvalue weighted by Crippen LogP contribution is 2.20. The molecule has 88 valence electrons. The molecule has 0 amide bonds. The summed E-state index contributed by atoms with van der Waals surface area (Å²) in [6.45, 7) is 5.03. The second-order valence-electron chi connectivity index (χ2n) is 4.26. The van der Waals surface area contributed by atoms with E-state index < -0.39 is 0 Å². The van der Waals surface area contributed by atoms with Crippen molar-refractivity contribution in [3.63, 3.8) is 0 Å². The van der Waals surface area contributed by atoms with E-state index >= 15 is 0 Å². The number of nitrogens with zero attached hydrogens (tertiary/aromatic N) is 1. The summed E-state index contributed by atoms with van der Waals surface area (Å²) in [5.41, 5.74) is 1.04. The van der Waals surface area contributed by atoms with E-state index in [-0.39, 0.29) is 0 Å². The van der Waals surface area contributed by atoms with Gasteiger partial charge in [-0.15, -0.1) is 0 Å². The van der Waals surface area contributed by atoms with E-state index in [0.717, 1.165) is 34.8 Å². The third-order valence-electron chi connectivity index (χ3n) is 2.83. The van der Waals surface area contributed by atoms with Gasteiger partial charge in [-0.1, -0.05) is 0 Å². The molecule has 3 nitrogen and oxygen atoms in total. The van der Waals surface area contributed by atoms with Gasteiger partial charge in [-0.05, 0) is 61.0 Å². The molecule has 0 aromatic carbocycles. The first kappa shape index (κ1) is 12.1. The number of rotatable bonds is 3. The summed E-state index contributed by atoms with van der Waals surface area (Å²) in [7, 11) is 0. The van der Waals surface area contributed by atoms with Crippen molar-refractivity contribution in [2.75, 3.05) is 19.7 Å². The Kier molecular flexibility index (Phi) is 4.40. The highest BCUT2D eigenvalue weighted by molar-refractivity contribution is 14.1. The predicted molar refractivity (Wildman–Crippen MR) is 72.8 cm³/mol.